The van der Waals surface area contributed by atoms with Crippen LogP contribution in [0.15, 0.2) is 59.2 Å². The van der Waals surface area contributed by atoms with Crippen molar-refractivity contribution < 1.29 is 29.0 Å². The Hall–Kier alpha value is -3.59. The first-order valence-corrected chi connectivity index (χ1v) is 10.5. The van der Waals surface area contributed by atoms with E-state index in [-0.39, 0.29) is 24.4 Å². The Morgan fingerprint density at radius 3 is 2.72 bits per heavy atom. The maximum absolute atomic E-state index is 12.4. The number of carbonyl (C=O) groups excluding carboxylic acids is 2. The number of carboxylic acids is 1. The second kappa shape index (κ2) is 10.1. The average Bonchev–Trinajstić information content (AvgIpc) is 3.01. The number of hydrogen-bond donors (Lipinski definition) is 2. The molecule has 0 unspecified atom stereocenters. The molecule has 0 aromatic heterocycles. The van der Waals surface area contributed by atoms with E-state index in [0.29, 0.717) is 33.7 Å². The fourth-order valence-electron chi connectivity index (χ4n) is 3.06. The second-order valence-electron chi connectivity index (χ2n) is 6.75. The largest absolute Gasteiger partial charge is 0.490 e. The lowest BCUT2D eigenvalue weighted by Crippen LogP contribution is -2.30. The molecule has 1 aliphatic heterocycles. The number of hydrogen-bond acceptors (Lipinski definition) is 5. The third-order valence-corrected chi connectivity index (χ3v) is 5.06. The van der Waals surface area contributed by atoms with E-state index in [1.165, 1.54) is 12.1 Å². The minimum Gasteiger partial charge on any atom is -0.490 e. The molecule has 2 aromatic carbocycles. The molecule has 0 radical (unpaired) electrons. The van der Waals surface area contributed by atoms with Crippen LogP contribution in [0.5, 0.6) is 11.5 Å². The highest BCUT2D eigenvalue weighted by molar-refractivity contribution is 9.10. The molecule has 9 heteroatoms. The van der Waals surface area contributed by atoms with E-state index < -0.39 is 17.9 Å². The van der Waals surface area contributed by atoms with Gasteiger partial charge in [0.05, 0.1) is 16.6 Å². The van der Waals surface area contributed by atoms with E-state index in [2.05, 4.69) is 27.8 Å². The van der Waals surface area contributed by atoms with Crippen molar-refractivity contribution in [3.05, 3.63) is 75.9 Å². The first kappa shape index (κ1) is 23.1. The number of imide groups is 1. The number of urea groups is 1. The minimum atomic E-state index is -1.01. The quantitative estimate of drug-likeness (QED) is 0.303. The fourth-order valence-corrected chi connectivity index (χ4v) is 3.63. The predicted molar refractivity (Wildman–Crippen MR) is 121 cm³/mol. The van der Waals surface area contributed by atoms with Crippen molar-refractivity contribution in [2.75, 3.05) is 13.2 Å². The molecule has 3 rings (SSSR count). The summed E-state index contributed by atoms with van der Waals surface area (Å²) in [5.74, 6) is -0.587. The van der Waals surface area contributed by atoms with Crippen LogP contribution in [0.4, 0.5) is 4.79 Å². The van der Waals surface area contributed by atoms with Crippen molar-refractivity contribution in [3.8, 4) is 11.5 Å². The Labute approximate surface area is 193 Å². The molecule has 8 nitrogen and oxygen atoms in total. The van der Waals surface area contributed by atoms with Gasteiger partial charge in [0.15, 0.2) is 11.5 Å². The molecule has 32 heavy (non-hydrogen) atoms. The number of ether oxygens (including phenoxy) is 2. The highest BCUT2D eigenvalue weighted by Gasteiger charge is 2.32. The molecule has 2 N–H and O–H groups in total. The van der Waals surface area contributed by atoms with E-state index in [0.717, 1.165) is 4.90 Å². The molecular weight excluding hydrogens is 480 g/mol. The summed E-state index contributed by atoms with van der Waals surface area (Å²) < 4.78 is 12.2. The molecule has 3 amide bonds. The van der Waals surface area contributed by atoms with Crippen molar-refractivity contribution in [1.82, 2.24) is 10.2 Å². The molecule has 0 saturated carbocycles. The van der Waals surface area contributed by atoms with E-state index >= 15 is 0 Å². The lowest BCUT2D eigenvalue weighted by Gasteiger charge is -2.15. The van der Waals surface area contributed by atoms with Gasteiger partial charge in [0, 0.05) is 6.54 Å². The Kier molecular flexibility index (Phi) is 7.32. The molecule has 2 aromatic rings. The zero-order chi connectivity index (χ0) is 23.3. The number of aromatic carboxylic acids is 1. The summed E-state index contributed by atoms with van der Waals surface area (Å²) in [4.78, 5) is 36.6. The van der Waals surface area contributed by atoms with Crippen LogP contribution in [-0.2, 0) is 11.4 Å². The van der Waals surface area contributed by atoms with Crippen LogP contribution in [0, 0.1) is 0 Å². The number of carbonyl (C=O) groups is 3. The third-order valence-electron chi connectivity index (χ3n) is 4.47. The maximum atomic E-state index is 12.4. The van der Waals surface area contributed by atoms with Crippen molar-refractivity contribution in [3.63, 3.8) is 0 Å². The zero-order valence-electron chi connectivity index (χ0n) is 17.3. The molecule has 0 aliphatic carbocycles. The predicted octanol–water partition coefficient (Wildman–Crippen LogP) is 4.20. The molecular formula is C23H21BrN2O6. The van der Waals surface area contributed by atoms with Gasteiger partial charge in [-0.2, -0.15) is 0 Å². The summed E-state index contributed by atoms with van der Waals surface area (Å²) in [7, 11) is 0. The first-order chi connectivity index (χ1) is 15.3. The molecule has 0 spiro atoms. The summed E-state index contributed by atoms with van der Waals surface area (Å²) in [5, 5.41) is 11.7. The summed E-state index contributed by atoms with van der Waals surface area (Å²) in [6, 6.07) is 9.39. The van der Waals surface area contributed by atoms with E-state index in [1.807, 2.05) is 6.92 Å². The number of benzene rings is 2. The highest BCUT2D eigenvalue weighted by atomic mass is 79.9. The van der Waals surface area contributed by atoms with Gasteiger partial charge < -0.3 is 19.9 Å². The van der Waals surface area contributed by atoms with Gasteiger partial charge in [-0.25, -0.2) is 9.59 Å². The van der Waals surface area contributed by atoms with Crippen molar-refractivity contribution in [2.45, 2.75) is 13.5 Å². The third kappa shape index (κ3) is 5.17. The summed E-state index contributed by atoms with van der Waals surface area (Å²) in [6.07, 6.45) is 3.03. The van der Waals surface area contributed by atoms with E-state index in [1.54, 1.807) is 36.4 Å². The number of halogens is 1. The molecule has 1 aliphatic rings. The van der Waals surface area contributed by atoms with E-state index in [9.17, 15) is 14.4 Å². The molecule has 0 atom stereocenters. The van der Waals surface area contributed by atoms with Crippen LogP contribution in [0.25, 0.3) is 6.08 Å². The summed E-state index contributed by atoms with van der Waals surface area (Å²) in [5.41, 5.74) is 1.62. The first-order valence-electron chi connectivity index (χ1n) is 9.70. The molecule has 166 valence electrons. The van der Waals surface area contributed by atoms with Crippen molar-refractivity contribution >= 4 is 39.9 Å². The molecule has 0 bridgehead atoms. The fraction of sp³-hybridized carbons (Fsp3) is 0.174. The number of carboxylic acid groups (broad SMARTS) is 1. The summed E-state index contributed by atoms with van der Waals surface area (Å²) in [6.45, 7) is 6.00. The average molecular weight is 501 g/mol. The minimum absolute atomic E-state index is 0.117. The Morgan fingerprint density at radius 1 is 1.25 bits per heavy atom. The van der Waals surface area contributed by atoms with Crippen LogP contribution in [-0.4, -0.2) is 41.1 Å². The molecule has 1 saturated heterocycles. The lowest BCUT2D eigenvalue weighted by atomic mass is 10.1. The van der Waals surface area contributed by atoms with Gasteiger partial charge in [0.1, 0.15) is 12.3 Å². The van der Waals surface area contributed by atoms with Crippen LogP contribution in [0.1, 0.15) is 28.4 Å². The highest BCUT2D eigenvalue weighted by Crippen LogP contribution is 2.38. The lowest BCUT2D eigenvalue weighted by molar-refractivity contribution is -0.122. The number of amides is 3. The zero-order valence-corrected chi connectivity index (χ0v) is 18.8. The molecule has 1 fully saturated rings. The van der Waals surface area contributed by atoms with Crippen LogP contribution in [0.2, 0.25) is 0 Å². The molecule has 1 heterocycles. The van der Waals surface area contributed by atoms with Gasteiger partial charge in [0.25, 0.3) is 5.91 Å². The Bertz CT molecular complexity index is 1110. The van der Waals surface area contributed by atoms with Crippen LogP contribution >= 0.6 is 15.9 Å². The number of rotatable bonds is 9. The smallest absolute Gasteiger partial charge is 0.335 e. The second-order valence-corrected chi connectivity index (χ2v) is 7.60. The van der Waals surface area contributed by atoms with Gasteiger partial charge >= 0.3 is 12.0 Å². The maximum Gasteiger partial charge on any atom is 0.335 e. The number of nitrogens with one attached hydrogen (secondary N) is 1. The standard InChI is InChI=1S/C23H21BrN2O6/c1-3-8-26-21(27)18(25-23(26)30)11-15-10-17(24)20(19(12-15)31-4-2)32-13-14-6-5-7-16(9-14)22(28)29/h3,5-7,9-12H,1,4,8,13H2,2H3,(H,25,30)(H,28,29)/b18-11+. The van der Waals surface area contributed by atoms with Crippen molar-refractivity contribution in [2.24, 2.45) is 0 Å². The monoisotopic (exact) mass is 500 g/mol. The SMILES string of the molecule is C=CCN1C(=O)N/C(=C/c2cc(Br)c(OCc3cccc(C(=O)O)c3)c(OCC)c2)C1=O. The van der Waals surface area contributed by atoms with Crippen LogP contribution in [0.3, 0.4) is 0 Å². The van der Waals surface area contributed by atoms with Crippen LogP contribution < -0.4 is 14.8 Å². The Balaban J connectivity index is 1.86. The van der Waals surface area contributed by atoms with Gasteiger partial charge in [-0.15, -0.1) is 6.58 Å². The van der Waals surface area contributed by atoms with Gasteiger partial charge in [-0.05, 0) is 64.3 Å². The van der Waals surface area contributed by atoms with E-state index in [4.69, 9.17) is 14.6 Å². The van der Waals surface area contributed by atoms with Gasteiger partial charge in [-0.1, -0.05) is 18.2 Å². The topological polar surface area (TPSA) is 105 Å². The normalized spacial score (nSPS) is 14.4. The summed E-state index contributed by atoms with van der Waals surface area (Å²) >= 11 is 3.47. The van der Waals surface area contributed by atoms with Crippen molar-refractivity contribution in [1.29, 1.82) is 0 Å². The van der Waals surface area contributed by atoms with Gasteiger partial charge in [0.2, 0.25) is 0 Å². The van der Waals surface area contributed by atoms with Gasteiger partial charge in [-0.3, -0.25) is 9.69 Å². The Morgan fingerprint density at radius 2 is 2.03 bits per heavy atom. The number of nitrogens with zero attached hydrogens (tertiary/aromatic N) is 1.